The molecule has 0 aliphatic rings. The van der Waals surface area contributed by atoms with Crippen LogP contribution in [0.15, 0.2) is 0 Å². The highest BCUT2D eigenvalue weighted by Gasteiger charge is 2.22. The van der Waals surface area contributed by atoms with E-state index in [0.717, 1.165) is 0 Å². The van der Waals surface area contributed by atoms with Gasteiger partial charge < -0.3 is 9.47 Å². The first-order valence-corrected chi connectivity index (χ1v) is 5.31. The van der Waals surface area contributed by atoms with Gasteiger partial charge in [-0.2, -0.15) is 0 Å². The van der Waals surface area contributed by atoms with Gasteiger partial charge in [-0.1, -0.05) is 0 Å². The third kappa shape index (κ3) is 4.58. The van der Waals surface area contributed by atoms with E-state index in [4.69, 9.17) is 10.7 Å². The van der Waals surface area contributed by atoms with Crippen molar-refractivity contribution in [3.8, 4) is 0 Å². The number of methoxy groups -OCH3 is 2. The van der Waals surface area contributed by atoms with E-state index >= 15 is 0 Å². The maximum atomic E-state index is 10.7. The molecule has 0 rings (SSSR count). The molecule has 0 aromatic heterocycles. The summed E-state index contributed by atoms with van der Waals surface area (Å²) in [6, 6.07) is 0. The van der Waals surface area contributed by atoms with E-state index in [9.17, 15) is 8.42 Å². The van der Waals surface area contributed by atoms with Crippen molar-refractivity contribution in [3.63, 3.8) is 0 Å². The highest BCUT2D eigenvalue weighted by Crippen LogP contribution is 2.07. The van der Waals surface area contributed by atoms with Gasteiger partial charge in [0.25, 0.3) is 0 Å². The predicted octanol–water partition coefficient (Wildman–Crippen LogP) is 0.216. The van der Waals surface area contributed by atoms with E-state index in [0.29, 0.717) is 0 Å². The van der Waals surface area contributed by atoms with Crippen molar-refractivity contribution in [3.05, 3.63) is 0 Å². The Morgan fingerprint density at radius 2 is 1.64 bits per heavy atom. The molecule has 0 fully saturated rings. The second-order valence-corrected chi connectivity index (χ2v) is 4.92. The molecule has 0 unspecified atom stereocenters. The summed E-state index contributed by atoms with van der Waals surface area (Å²) in [6.45, 7) is 0.110. The van der Waals surface area contributed by atoms with Crippen LogP contribution < -0.4 is 0 Å². The highest BCUT2D eigenvalue weighted by atomic mass is 35.7. The molecule has 6 heteroatoms. The van der Waals surface area contributed by atoms with E-state index in [2.05, 4.69) is 9.47 Å². The van der Waals surface area contributed by atoms with Crippen molar-refractivity contribution in [1.29, 1.82) is 0 Å². The van der Waals surface area contributed by atoms with Crippen LogP contribution in [0.2, 0.25) is 0 Å². The number of rotatable bonds is 5. The molecule has 0 heterocycles. The first kappa shape index (κ1) is 11.2. The zero-order valence-electron chi connectivity index (χ0n) is 6.41. The van der Waals surface area contributed by atoms with Crippen LogP contribution in [0.4, 0.5) is 0 Å². The third-order valence-electron chi connectivity index (χ3n) is 1.10. The first-order chi connectivity index (χ1) is 5.02. The molecule has 0 bridgehead atoms. The van der Waals surface area contributed by atoms with Crippen LogP contribution in [0.3, 0.4) is 0 Å². The van der Waals surface area contributed by atoms with Gasteiger partial charge in [-0.05, 0) is 0 Å². The molecule has 0 aliphatic carbocycles. The van der Waals surface area contributed by atoms with Crippen LogP contribution in [0.5, 0.6) is 0 Å². The SMILES string of the molecule is COCC(COC)S(=O)(=O)Cl. The Kier molecular flexibility index (Phi) is 4.99. The predicted molar refractivity (Wildman–Crippen MR) is 42.3 cm³/mol. The van der Waals surface area contributed by atoms with Crippen molar-refractivity contribution in [2.24, 2.45) is 0 Å². The summed E-state index contributed by atoms with van der Waals surface area (Å²) in [5.41, 5.74) is 0. The molecule has 0 aromatic rings. The lowest BCUT2D eigenvalue weighted by Gasteiger charge is -2.10. The van der Waals surface area contributed by atoms with Crippen molar-refractivity contribution < 1.29 is 17.9 Å². The van der Waals surface area contributed by atoms with Crippen LogP contribution in [-0.2, 0) is 18.5 Å². The fourth-order valence-corrected chi connectivity index (χ4v) is 1.49. The van der Waals surface area contributed by atoms with Gasteiger partial charge in [0.15, 0.2) is 0 Å². The van der Waals surface area contributed by atoms with Crippen LogP contribution in [0.1, 0.15) is 0 Å². The normalized spacial score (nSPS) is 12.4. The molecule has 11 heavy (non-hydrogen) atoms. The van der Waals surface area contributed by atoms with Crippen LogP contribution >= 0.6 is 10.7 Å². The molecule has 0 spiro atoms. The Hall–Kier alpha value is 0.160. The largest absolute Gasteiger partial charge is 0.383 e. The molecule has 0 saturated carbocycles. The summed E-state index contributed by atoms with van der Waals surface area (Å²) in [5.74, 6) is 0. The monoisotopic (exact) mass is 202 g/mol. The summed E-state index contributed by atoms with van der Waals surface area (Å²) in [5, 5.41) is -0.779. The molecule has 68 valence electrons. The van der Waals surface area contributed by atoms with Gasteiger partial charge in [0.1, 0.15) is 5.25 Å². The Balaban J connectivity index is 4.11. The van der Waals surface area contributed by atoms with Gasteiger partial charge >= 0.3 is 0 Å². The average Bonchev–Trinajstić information content (AvgIpc) is 1.85. The Bertz CT molecular complexity index is 183. The summed E-state index contributed by atoms with van der Waals surface area (Å²) in [7, 11) is 4.32. The van der Waals surface area contributed by atoms with Crippen molar-refractivity contribution in [2.45, 2.75) is 5.25 Å². The lowest BCUT2D eigenvalue weighted by atomic mass is 10.5. The van der Waals surface area contributed by atoms with E-state index in [1.54, 1.807) is 0 Å². The molecule has 0 N–H and O–H groups in total. The summed E-state index contributed by atoms with van der Waals surface area (Å²) in [6.07, 6.45) is 0. The topological polar surface area (TPSA) is 52.6 Å². The van der Waals surface area contributed by atoms with Crippen LogP contribution in [0, 0.1) is 0 Å². The maximum absolute atomic E-state index is 10.7. The molecule has 4 nitrogen and oxygen atoms in total. The molecule has 0 radical (unpaired) electrons. The highest BCUT2D eigenvalue weighted by molar-refractivity contribution is 8.14. The molecule has 0 aliphatic heterocycles. The summed E-state index contributed by atoms with van der Waals surface area (Å²) < 4.78 is 30.7. The Labute approximate surface area is 70.9 Å². The van der Waals surface area contributed by atoms with Gasteiger partial charge in [0.05, 0.1) is 13.2 Å². The minimum Gasteiger partial charge on any atom is -0.383 e. The minimum absolute atomic E-state index is 0.0552. The number of ether oxygens (including phenoxy) is 2. The zero-order chi connectivity index (χ0) is 8.91. The van der Waals surface area contributed by atoms with Gasteiger partial charge in [0.2, 0.25) is 9.05 Å². The van der Waals surface area contributed by atoms with E-state index in [1.807, 2.05) is 0 Å². The average molecular weight is 203 g/mol. The molecular formula is C5H11ClO4S. The van der Waals surface area contributed by atoms with Crippen molar-refractivity contribution in [1.82, 2.24) is 0 Å². The lowest BCUT2D eigenvalue weighted by Crippen LogP contribution is -2.27. The second kappa shape index (κ2) is 4.92. The fourth-order valence-electron chi connectivity index (χ4n) is 0.582. The first-order valence-electron chi connectivity index (χ1n) is 2.93. The van der Waals surface area contributed by atoms with Gasteiger partial charge in [-0.25, -0.2) is 8.42 Å². The lowest BCUT2D eigenvalue weighted by molar-refractivity contribution is 0.142. The van der Waals surface area contributed by atoms with Gasteiger partial charge in [0, 0.05) is 24.9 Å². The summed E-state index contributed by atoms with van der Waals surface area (Å²) in [4.78, 5) is 0. The van der Waals surface area contributed by atoms with E-state index in [1.165, 1.54) is 14.2 Å². The Morgan fingerprint density at radius 3 is 1.82 bits per heavy atom. The zero-order valence-corrected chi connectivity index (χ0v) is 7.98. The van der Waals surface area contributed by atoms with E-state index < -0.39 is 14.3 Å². The van der Waals surface area contributed by atoms with Gasteiger partial charge in [-0.3, -0.25) is 0 Å². The van der Waals surface area contributed by atoms with Gasteiger partial charge in [-0.15, -0.1) is 0 Å². The molecular weight excluding hydrogens is 192 g/mol. The number of hydrogen-bond donors (Lipinski definition) is 0. The molecule has 0 atom stereocenters. The maximum Gasteiger partial charge on any atom is 0.240 e. The summed E-state index contributed by atoms with van der Waals surface area (Å²) >= 11 is 0. The Morgan fingerprint density at radius 1 is 1.27 bits per heavy atom. The molecule has 0 saturated heterocycles. The van der Waals surface area contributed by atoms with Crippen LogP contribution in [0.25, 0.3) is 0 Å². The third-order valence-corrected chi connectivity index (χ3v) is 2.93. The fraction of sp³-hybridized carbons (Fsp3) is 1.00. The number of hydrogen-bond acceptors (Lipinski definition) is 4. The quantitative estimate of drug-likeness (QED) is 0.599. The smallest absolute Gasteiger partial charge is 0.240 e. The van der Waals surface area contributed by atoms with E-state index in [-0.39, 0.29) is 13.2 Å². The van der Waals surface area contributed by atoms with Crippen molar-refractivity contribution >= 4 is 19.7 Å². The second-order valence-electron chi connectivity index (χ2n) is 2.01. The molecule has 0 aromatic carbocycles. The minimum atomic E-state index is -3.57. The number of halogens is 1. The van der Waals surface area contributed by atoms with Crippen molar-refractivity contribution in [2.75, 3.05) is 27.4 Å². The molecule has 0 amide bonds. The van der Waals surface area contributed by atoms with Crippen LogP contribution in [-0.4, -0.2) is 41.1 Å². The standard InChI is InChI=1S/C5H11ClO4S/c1-9-3-5(4-10-2)11(6,7)8/h5H,3-4H2,1-2H3.